The summed E-state index contributed by atoms with van der Waals surface area (Å²) < 4.78 is 0. The first-order chi connectivity index (χ1) is 8.28. The summed E-state index contributed by atoms with van der Waals surface area (Å²) in [7, 11) is 0. The smallest absolute Gasteiger partial charge is 0.0705 e. The van der Waals surface area contributed by atoms with E-state index < -0.39 is 0 Å². The summed E-state index contributed by atoms with van der Waals surface area (Å²) in [6.45, 7) is 2.85. The standard InChI is InChI=1S/C15H18N2/c1-10-2-3-12-8-11(5-7-15(12)17-10)14-6-4-13(14)9-16/h2-3,5,7-8,13-14H,4,6,9,16H2,1H3. The Labute approximate surface area is 102 Å². The van der Waals surface area contributed by atoms with Crippen LogP contribution in [0.4, 0.5) is 0 Å². The molecule has 2 atom stereocenters. The third-order valence-corrected chi connectivity index (χ3v) is 4.00. The highest BCUT2D eigenvalue weighted by molar-refractivity contribution is 5.79. The fourth-order valence-corrected chi connectivity index (χ4v) is 2.77. The maximum absolute atomic E-state index is 5.78. The molecular weight excluding hydrogens is 208 g/mol. The lowest BCUT2D eigenvalue weighted by Gasteiger charge is -2.36. The zero-order valence-electron chi connectivity index (χ0n) is 10.2. The van der Waals surface area contributed by atoms with Gasteiger partial charge in [-0.2, -0.15) is 0 Å². The summed E-state index contributed by atoms with van der Waals surface area (Å²) in [5.41, 5.74) is 9.39. The number of nitrogens with two attached hydrogens (primary N) is 1. The van der Waals surface area contributed by atoms with Crippen molar-refractivity contribution in [1.82, 2.24) is 4.98 Å². The molecule has 0 spiro atoms. The van der Waals surface area contributed by atoms with Crippen molar-refractivity contribution in [3.05, 3.63) is 41.6 Å². The first kappa shape index (κ1) is 10.7. The average Bonchev–Trinajstić information content (AvgIpc) is 2.28. The second kappa shape index (κ2) is 4.11. The number of benzene rings is 1. The summed E-state index contributed by atoms with van der Waals surface area (Å²) in [5.74, 6) is 1.36. The molecule has 2 aromatic rings. The number of hydrogen-bond donors (Lipinski definition) is 1. The lowest BCUT2D eigenvalue weighted by atomic mass is 9.70. The van der Waals surface area contributed by atoms with E-state index in [-0.39, 0.29) is 0 Å². The van der Waals surface area contributed by atoms with Crippen LogP contribution in [0.25, 0.3) is 10.9 Å². The highest BCUT2D eigenvalue weighted by Crippen LogP contribution is 2.42. The predicted octanol–water partition coefficient (Wildman–Crippen LogP) is 3.00. The van der Waals surface area contributed by atoms with Gasteiger partial charge in [-0.1, -0.05) is 12.1 Å². The van der Waals surface area contributed by atoms with Gasteiger partial charge < -0.3 is 5.73 Å². The molecular formula is C15H18N2. The Hall–Kier alpha value is -1.41. The van der Waals surface area contributed by atoms with Crippen molar-refractivity contribution in [3.63, 3.8) is 0 Å². The van der Waals surface area contributed by atoms with Crippen LogP contribution in [0.2, 0.25) is 0 Å². The fourth-order valence-electron chi connectivity index (χ4n) is 2.77. The van der Waals surface area contributed by atoms with Crippen LogP contribution in [0.15, 0.2) is 30.3 Å². The van der Waals surface area contributed by atoms with Crippen LogP contribution in [0.5, 0.6) is 0 Å². The molecule has 3 rings (SSSR count). The molecule has 2 nitrogen and oxygen atoms in total. The molecule has 1 aliphatic rings. The molecule has 1 heterocycles. The van der Waals surface area contributed by atoms with E-state index in [1.807, 2.05) is 6.92 Å². The molecule has 1 saturated carbocycles. The minimum absolute atomic E-state index is 0.672. The van der Waals surface area contributed by atoms with Crippen LogP contribution < -0.4 is 5.73 Å². The molecule has 17 heavy (non-hydrogen) atoms. The zero-order valence-corrected chi connectivity index (χ0v) is 10.2. The van der Waals surface area contributed by atoms with E-state index in [9.17, 15) is 0 Å². The fraction of sp³-hybridized carbons (Fsp3) is 0.400. The summed E-state index contributed by atoms with van der Waals surface area (Å²) in [5, 5.41) is 1.25. The van der Waals surface area contributed by atoms with Crippen molar-refractivity contribution in [2.24, 2.45) is 11.7 Å². The molecule has 1 aromatic heterocycles. The third-order valence-electron chi connectivity index (χ3n) is 4.00. The van der Waals surface area contributed by atoms with Gasteiger partial charge in [0, 0.05) is 11.1 Å². The number of aryl methyl sites for hydroxylation is 1. The predicted molar refractivity (Wildman–Crippen MR) is 71.0 cm³/mol. The number of rotatable bonds is 2. The molecule has 1 aromatic carbocycles. The van der Waals surface area contributed by atoms with Crippen molar-refractivity contribution in [3.8, 4) is 0 Å². The topological polar surface area (TPSA) is 38.9 Å². The first-order valence-electron chi connectivity index (χ1n) is 6.35. The van der Waals surface area contributed by atoms with Gasteiger partial charge in [-0.3, -0.25) is 4.98 Å². The lowest BCUT2D eigenvalue weighted by molar-refractivity contribution is 0.263. The van der Waals surface area contributed by atoms with E-state index in [0.717, 1.165) is 17.8 Å². The van der Waals surface area contributed by atoms with E-state index in [1.165, 1.54) is 23.8 Å². The molecule has 1 fully saturated rings. The van der Waals surface area contributed by atoms with Crippen molar-refractivity contribution < 1.29 is 0 Å². The molecule has 2 unspecified atom stereocenters. The van der Waals surface area contributed by atoms with Gasteiger partial charge in [-0.15, -0.1) is 0 Å². The van der Waals surface area contributed by atoms with E-state index in [2.05, 4.69) is 35.3 Å². The number of pyridine rings is 1. The van der Waals surface area contributed by atoms with Crippen LogP contribution >= 0.6 is 0 Å². The van der Waals surface area contributed by atoms with Gasteiger partial charge in [0.25, 0.3) is 0 Å². The number of fused-ring (bicyclic) bond motifs is 1. The van der Waals surface area contributed by atoms with E-state index >= 15 is 0 Å². The quantitative estimate of drug-likeness (QED) is 0.855. The van der Waals surface area contributed by atoms with Crippen molar-refractivity contribution in [2.45, 2.75) is 25.7 Å². The van der Waals surface area contributed by atoms with Crippen LogP contribution in [0.3, 0.4) is 0 Å². The van der Waals surface area contributed by atoms with Crippen LogP contribution in [-0.2, 0) is 0 Å². The van der Waals surface area contributed by atoms with Crippen molar-refractivity contribution >= 4 is 10.9 Å². The summed E-state index contributed by atoms with van der Waals surface area (Å²) in [4.78, 5) is 4.53. The third kappa shape index (κ3) is 1.83. The highest BCUT2D eigenvalue weighted by Gasteiger charge is 2.30. The van der Waals surface area contributed by atoms with E-state index in [1.54, 1.807) is 0 Å². The maximum atomic E-state index is 5.78. The number of aromatic nitrogens is 1. The van der Waals surface area contributed by atoms with Gasteiger partial charge in [-0.25, -0.2) is 0 Å². The number of nitrogens with zero attached hydrogens (tertiary/aromatic N) is 1. The largest absolute Gasteiger partial charge is 0.330 e. The molecule has 2 N–H and O–H groups in total. The average molecular weight is 226 g/mol. The Kier molecular flexibility index (Phi) is 2.60. The summed E-state index contributed by atoms with van der Waals surface area (Å²) >= 11 is 0. The monoisotopic (exact) mass is 226 g/mol. The van der Waals surface area contributed by atoms with Crippen LogP contribution in [0.1, 0.15) is 30.0 Å². The van der Waals surface area contributed by atoms with Gasteiger partial charge >= 0.3 is 0 Å². The number of hydrogen-bond acceptors (Lipinski definition) is 2. The maximum Gasteiger partial charge on any atom is 0.0705 e. The molecule has 0 saturated heterocycles. The van der Waals surface area contributed by atoms with Crippen molar-refractivity contribution in [1.29, 1.82) is 0 Å². The SMILES string of the molecule is Cc1ccc2cc(C3CCC3CN)ccc2n1. The molecule has 0 aliphatic heterocycles. The van der Waals surface area contributed by atoms with Crippen LogP contribution in [-0.4, -0.2) is 11.5 Å². The molecule has 88 valence electrons. The van der Waals surface area contributed by atoms with Gasteiger partial charge in [0.1, 0.15) is 0 Å². The van der Waals surface area contributed by atoms with Gasteiger partial charge in [0.05, 0.1) is 5.52 Å². The van der Waals surface area contributed by atoms with E-state index in [4.69, 9.17) is 5.73 Å². The Bertz CT molecular complexity index is 546. The van der Waals surface area contributed by atoms with Gasteiger partial charge in [0.15, 0.2) is 0 Å². The second-order valence-corrected chi connectivity index (χ2v) is 5.08. The Morgan fingerprint density at radius 2 is 2.12 bits per heavy atom. The Morgan fingerprint density at radius 3 is 2.82 bits per heavy atom. The molecule has 1 aliphatic carbocycles. The lowest BCUT2D eigenvalue weighted by Crippen LogP contribution is -2.30. The van der Waals surface area contributed by atoms with Crippen molar-refractivity contribution in [2.75, 3.05) is 6.54 Å². The molecule has 0 bridgehead atoms. The Balaban J connectivity index is 1.99. The summed E-state index contributed by atoms with van der Waals surface area (Å²) in [6.07, 6.45) is 2.57. The minimum Gasteiger partial charge on any atom is -0.330 e. The Morgan fingerprint density at radius 1 is 1.24 bits per heavy atom. The highest BCUT2D eigenvalue weighted by atomic mass is 14.7. The minimum atomic E-state index is 0.672. The van der Waals surface area contributed by atoms with Gasteiger partial charge in [-0.05, 0) is 61.9 Å². The summed E-state index contributed by atoms with van der Waals surface area (Å²) in [6, 6.07) is 10.9. The normalized spacial score (nSPS) is 23.6. The molecule has 0 radical (unpaired) electrons. The molecule has 2 heteroatoms. The van der Waals surface area contributed by atoms with Gasteiger partial charge in [0.2, 0.25) is 0 Å². The first-order valence-corrected chi connectivity index (χ1v) is 6.35. The molecule has 0 amide bonds. The van der Waals surface area contributed by atoms with Crippen LogP contribution in [0, 0.1) is 12.8 Å². The second-order valence-electron chi connectivity index (χ2n) is 5.08. The zero-order chi connectivity index (χ0) is 11.8. The van der Waals surface area contributed by atoms with E-state index in [0.29, 0.717) is 11.8 Å².